The van der Waals surface area contributed by atoms with E-state index in [0.29, 0.717) is 0 Å². The van der Waals surface area contributed by atoms with E-state index in [9.17, 15) is 4.79 Å². The van der Waals surface area contributed by atoms with Crippen LogP contribution in [0.4, 0.5) is 5.69 Å². The minimum Gasteiger partial charge on any atom is -0.323 e. The second-order valence-electron chi connectivity index (χ2n) is 3.95. The predicted molar refractivity (Wildman–Crippen MR) is 57.6 cm³/mol. The molecular weight excluding hydrogens is 192 g/mol. The summed E-state index contributed by atoms with van der Waals surface area (Å²) in [6.45, 7) is 3.66. The van der Waals surface area contributed by atoms with Gasteiger partial charge in [0.05, 0.1) is 23.5 Å². The molecule has 0 aliphatic carbocycles. The van der Waals surface area contributed by atoms with Gasteiger partial charge in [-0.1, -0.05) is 0 Å². The summed E-state index contributed by atoms with van der Waals surface area (Å²) < 4.78 is 1.75. The third-order valence-electron chi connectivity index (χ3n) is 2.92. The van der Waals surface area contributed by atoms with E-state index in [1.165, 1.54) is 0 Å². The van der Waals surface area contributed by atoms with Crippen LogP contribution in [0, 0.1) is 12.8 Å². The van der Waals surface area contributed by atoms with Gasteiger partial charge in [-0.25, -0.2) is 0 Å². The van der Waals surface area contributed by atoms with E-state index < -0.39 is 0 Å². The van der Waals surface area contributed by atoms with E-state index in [-0.39, 0.29) is 11.8 Å². The fourth-order valence-corrected chi connectivity index (χ4v) is 1.73. The van der Waals surface area contributed by atoms with Crippen LogP contribution < -0.4 is 10.6 Å². The highest BCUT2D eigenvalue weighted by Crippen LogP contribution is 2.15. The van der Waals surface area contributed by atoms with Gasteiger partial charge in [-0.3, -0.25) is 9.48 Å². The topological polar surface area (TPSA) is 59.0 Å². The maximum absolute atomic E-state index is 11.8. The summed E-state index contributed by atoms with van der Waals surface area (Å²) in [6.07, 6.45) is 2.61. The molecule has 1 aliphatic heterocycles. The van der Waals surface area contributed by atoms with Crippen molar-refractivity contribution in [1.82, 2.24) is 15.1 Å². The number of amides is 1. The number of nitrogens with zero attached hydrogens (tertiary/aromatic N) is 2. The molecule has 5 nitrogen and oxygen atoms in total. The molecule has 1 atom stereocenters. The van der Waals surface area contributed by atoms with Crippen molar-refractivity contribution in [1.29, 1.82) is 0 Å². The van der Waals surface area contributed by atoms with Crippen LogP contribution in [-0.2, 0) is 11.8 Å². The smallest absolute Gasteiger partial charge is 0.228 e. The van der Waals surface area contributed by atoms with Crippen LogP contribution in [0.2, 0.25) is 0 Å². The molecule has 0 aromatic carbocycles. The van der Waals surface area contributed by atoms with Crippen LogP contribution in [0.1, 0.15) is 12.1 Å². The third-order valence-corrected chi connectivity index (χ3v) is 2.92. The van der Waals surface area contributed by atoms with Crippen LogP contribution in [0.3, 0.4) is 0 Å². The Morgan fingerprint density at radius 1 is 1.73 bits per heavy atom. The van der Waals surface area contributed by atoms with Crippen molar-refractivity contribution in [3.05, 3.63) is 11.9 Å². The minimum atomic E-state index is 0.0936. The Balaban J connectivity index is 2.02. The summed E-state index contributed by atoms with van der Waals surface area (Å²) in [5, 5.41) is 10.2. The molecule has 0 bridgehead atoms. The predicted octanol–water partition coefficient (Wildman–Crippen LogP) is 0.277. The van der Waals surface area contributed by atoms with Crippen molar-refractivity contribution in [3.63, 3.8) is 0 Å². The number of hydrogen-bond acceptors (Lipinski definition) is 3. The zero-order valence-corrected chi connectivity index (χ0v) is 9.08. The number of hydrogen-bond donors (Lipinski definition) is 2. The highest BCUT2D eigenvalue weighted by molar-refractivity contribution is 5.93. The van der Waals surface area contributed by atoms with Crippen molar-refractivity contribution in [2.45, 2.75) is 13.3 Å². The first kappa shape index (κ1) is 10.2. The number of carbonyl (C=O) groups excluding carboxylic acids is 1. The van der Waals surface area contributed by atoms with Crippen LogP contribution >= 0.6 is 0 Å². The number of anilines is 1. The van der Waals surface area contributed by atoms with Crippen molar-refractivity contribution in [2.24, 2.45) is 13.0 Å². The van der Waals surface area contributed by atoms with E-state index in [0.717, 1.165) is 30.9 Å². The molecule has 2 N–H and O–H groups in total. The zero-order chi connectivity index (χ0) is 10.8. The molecular formula is C10H16N4O. The molecule has 1 saturated heterocycles. The lowest BCUT2D eigenvalue weighted by molar-refractivity contribution is -0.119. The van der Waals surface area contributed by atoms with Gasteiger partial charge in [-0.15, -0.1) is 0 Å². The molecule has 1 fully saturated rings. The third kappa shape index (κ3) is 2.02. The summed E-state index contributed by atoms with van der Waals surface area (Å²) in [7, 11) is 1.86. The number of aromatic nitrogens is 2. The van der Waals surface area contributed by atoms with Crippen molar-refractivity contribution in [3.8, 4) is 0 Å². The Kier molecular flexibility index (Phi) is 2.73. The van der Waals surface area contributed by atoms with Gasteiger partial charge >= 0.3 is 0 Å². The lowest BCUT2D eigenvalue weighted by atomic mass is 10.1. The molecule has 1 aromatic rings. The number of rotatable bonds is 2. The molecule has 1 amide bonds. The molecule has 0 saturated carbocycles. The average Bonchev–Trinajstić information content (AvgIpc) is 2.83. The Hall–Kier alpha value is -1.36. The molecule has 1 aliphatic rings. The molecule has 0 spiro atoms. The second kappa shape index (κ2) is 4.02. The van der Waals surface area contributed by atoms with Gasteiger partial charge in [-0.2, -0.15) is 5.10 Å². The zero-order valence-electron chi connectivity index (χ0n) is 9.08. The average molecular weight is 208 g/mol. The van der Waals surface area contributed by atoms with Gasteiger partial charge in [0.2, 0.25) is 5.91 Å². The molecule has 0 radical (unpaired) electrons. The molecule has 82 valence electrons. The first-order valence-corrected chi connectivity index (χ1v) is 5.18. The van der Waals surface area contributed by atoms with Gasteiger partial charge in [0, 0.05) is 13.6 Å². The second-order valence-corrected chi connectivity index (χ2v) is 3.95. The number of aryl methyl sites for hydroxylation is 1. The van der Waals surface area contributed by atoms with Crippen molar-refractivity contribution in [2.75, 3.05) is 18.4 Å². The molecule has 2 rings (SSSR count). The van der Waals surface area contributed by atoms with Gasteiger partial charge in [0.15, 0.2) is 0 Å². The first-order chi connectivity index (χ1) is 7.18. The Labute approximate surface area is 88.8 Å². The van der Waals surface area contributed by atoms with E-state index >= 15 is 0 Å². The quantitative estimate of drug-likeness (QED) is 0.733. The standard InChI is InChI=1S/C10H16N4O/c1-7-9(6-12-14(7)2)13-10(15)8-3-4-11-5-8/h6,8,11H,3-5H2,1-2H3,(H,13,15)/t8-/m0/s1. The number of nitrogens with one attached hydrogen (secondary N) is 2. The molecule has 0 unspecified atom stereocenters. The molecule has 15 heavy (non-hydrogen) atoms. The van der Waals surface area contributed by atoms with Gasteiger partial charge in [0.1, 0.15) is 0 Å². The van der Waals surface area contributed by atoms with Gasteiger partial charge < -0.3 is 10.6 Å². The van der Waals surface area contributed by atoms with Gasteiger partial charge in [-0.05, 0) is 19.9 Å². The van der Waals surface area contributed by atoms with Crippen LogP contribution in [0.15, 0.2) is 6.20 Å². The maximum Gasteiger partial charge on any atom is 0.228 e. The fourth-order valence-electron chi connectivity index (χ4n) is 1.73. The SMILES string of the molecule is Cc1c(NC(=O)[C@H]2CCNC2)cnn1C. The minimum absolute atomic E-state index is 0.0936. The highest BCUT2D eigenvalue weighted by Gasteiger charge is 2.23. The lowest BCUT2D eigenvalue weighted by Gasteiger charge is -2.08. The normalized spacial score (nSPS) is 20.5. The highest BCUT2D eigenvalue weighted by atomic mass is 16.1. The Morgan fingerprint density at radius 3 is 3.07 bits per heavy atom. The monoisotopic (exact) mass is 208 g/mol. The van der Waals surface area contributed by atoms with E-state index in [4.69, 9.17) is 0 Å². The van der Waals surface area contributed by atoms with Crippen molar-refractivity contribution < 1.29 is 4.79 Å². The van der Waals surface area contributed by atoms with Crippen LogP contribution in [0.5, 0.6) is 0 Å². The first-order valence-electron chi connectivity index (χ1n) is 5.18. The largest absolute Gasteiger partial charge is 0.323 e. The molecule has 5 heteroatoms. The van der Waals surface area contributed by atoms with Crippen molar-refractivity contribution >= 4 is 11.6 Å². The lowest BCUT2D eigenvalue weighted by Crippen LogP contribution is -2.24. The van der Waals surface area contributed by atoms with Gasteiger partial charge in [0.25, 0.3) is 0 Å². The summed E-state index contributed by atoms with van der Waals surface area (Å²) >= 11 is 0. The summed E-state index contributed by atoms with van der Waals surface area (Å²) in [6, 6.07) is 0. The Bertz CT molecular complexity index is 365. The van der Waals surface area contributed by atoms with Crippen LogP contribution in [-0.4, -0.2) is 28.8 Å². The number of carbonyl (C=O) groups is 1. The Morgan fingerprint density at radius 2 is 2.53 bits per heavy atom. The van der Waals surface area contributed by atoms with Crippen LogP contribution in [0.25, 0.3) is 0 Å². The summed E-state index contributed by atoms with van der Waals surface area (Å²) in [4.78, 5) is 11.8. The molecule has 2 heterocycles. The van der Waals surface area contributed by atoms with E-state index in [2.05, 4.69) is 15.7 Å². The summed E-state index contributed by atoms with van der Waals surface area (Å²) in [5.74, 6) is 0.195. The van der Waals surface area contributed by atoms with E-state index in [1.54, 1.807) is 10.9 Å². The fraction of sp³-hybridized carbons (Fsp3) is 0.600. The summed E-state index contributed by atoms with van der Waals surface area (Å²) in [5.41, 5.74) is 1.80. The van der Waals surface area contributed by atoms with E-state index in [1.807, 2.05) is 14.0 Å². The molecule has 1 aromatic heterocycles. The maximum atomic E-state index is 11.8.